The number of hydrogen-bond acceptors (Lipinski definition) is 3. The molecule has 1 aliphatic heterocycles. The summed E-state index contributed by atoms with van der Waals surface area (Å²) in [7, 11) is 3.58. The van der Waals surface area contributed by atoms with E-state index >= 15 is 0 Å². The van der Waals surface area contributed by atoms with Crippen LogP contribution in [0.3, 0.4) is 0 Å². The molecule has 2 aromatic carbocycles. The van der Waals surface area contributed by atoms with Crippen LogP contribution in [0.5, 0.6) is 5.75 Å². The van der Waals surface area contributed by atoms with Crippen LogP contribution in [0.25, 0.3) is 11.0 Å². The van der Waals surface area contributed by atoms with Gasteiger partial charge in [-0.3, -0.25) is 4.99 Å². The van der Waals surface area contributed by atoms with Crippen LogP contribution in [0.2, 0.25) is 0 Å². The molecule has 30 heavy (non-hydrogen) atoms. The number of nitrogens with one attached hydrogen (secondary N) is 1. The molecule has 158 valence electrons. The first kappa shape index (κ1) is 20.3. The van der Waals surface area contributed by atoms with Gasteiger partial charge >= 0.3 is 0 Å². The zero-order chi connectivity index (χ0) is 20.9. The van der Waals surface area contributed by atoms with Crippen molar-refractivity contribution in [3.63, 3.8) is 0 Å². The van der Waals surface area contributed by atoms with Crippen LogP contribution in [0.1, 0.15) is 30.1 Å². The average molecular weight is 406 g/mol. The number of likely N-dealkylation sites (tertiary alicyclic amines) is 1. The summed E-state index contributed by atoms with van der Waals surface area (Å²) in [4.78, 5) is 11.5. The quantitative estimate of drug-likeness (QED) is 0.385. The Bertz CT molecular complexity index is 1010. The molecule has 0 saturated carbocycles. The molecule has 1 fully saturated rings. The summed E-state index contributed by atoms with van der Waals surface area (Å²) >= 11 is 0. The van der Waals surface area contributed by atoms with Gasteiger partial charge in [-0.2, -0.15) is 0 Å². The number of aromatic nitrogens is 2. The Balaban J connectivity index is 1.29. The highest BCUT2D eigenvalue weighted by Gasteiger charge is 2.26. The molecule has 0 aliphatic carbocycles. The van der Waals surface area contributed by atoms with Gasteiger partial charge in [0.05, 0.1) is 18.1 Å². The summed E-state index contributed by atoms with van der Waals surface area (Å²) in [5, 5.41) is 3.55. The van der Waals surface area contributed by atoms with Crippen LogP contribution in [-0.2, 0) is 6.54 Å². The normalized spacial score (nSPS) is 17.0. The fourth-order valence-electron chi connectivity index (χ4n) is 4.35. The number of methoxy groups -OCH3 is 1. The van der Waals surface area contributed by atoms with Crippen LogP contribution < -0.4 is 10.1 Å². The monoisotopic (exact) mass is 405 g/mol. The standard InChI is InChI=1S/C24H31N5O/c1-18-27-22-7-4-5-8-23(22)29(18)15-6-14-26-24(25-2)28-16-13-20(17-28)19-9-11-21(30-3)12-10-19/h4-5,7-12,20H,6,13-17H2,1-3H3,(H,25,26). The number of para-hydroxylation sites is 2. The number of fused-ring (bicyclic) bond motifs is 1. The first-order valence-electron chi connectivity index (χ1n) is 10.7. The van der Waals surface area contributed by atoms with Gasteiger partial charge in [0, 0.05) is 39.1 Å². The van der Waals surface area contributed by atoms with Gasteiger partial charge < -0.3 is 19.5 Å². The molecule has 1 saturated heterocycles. The molecule has 1 aromatic heterocycles. The van der Waals surface area contributed by atoms with Crippen molar-refractivity contribution in [1.29, 1.82) is 0 Å². The number of rotatable bonds is 6. The Labute approximate surface area is 178 Å². The van der Waals surface area contributed by atoms with Gasteiger partial charge in [0.1, 0.15) is 11.6 Å². The van der Waals surface area contributed by atoms with E-state index < -0.39 is 0 Å². The fourth-order valence-corrected chi connectivity index (χ4v) is 4.35. The lowest BCUT2D eigenvalue weighted by Crippen LogP contribution is -2.40. The second-order valence-corrected chi connectivity index (χ2v) is 7.83. The van der Waals surface area contributed by atoms with Crippen LogP contribution in [-0.4, -0.2) is 54.2 Å². The number of aryl methyl sites for hydroxylation is 2. The highest BCUT2D eigenvalue weighted by molar-refractivity contribution is 5.80. The van der Waals surface area contributed by atoms with E-state index in [4.69, 9.17) is 4.74 Å². The van der Waals surface area contributed by atoms with Gasteiger partial charge in [0.2, 0.25) is 0 Å². The number of nitrogens with zero attached hydrogens (tertiary/aromatic N) is 4. The number of ether oxygens (including phenoxy) is 1. The molecule has 6 heteroatoms. The van der Waals surface area contributed by atoms with E-state index in [0.717, 1.165) is 62.1 Å². The van der Waals surface area contributed by atoms with Gasteiger partial charge in [0.25, 0.3) is 0 Å². The minimum absolute atomic E-state index is 0.536. The molecule has 3 aromatic rings. The van der Waals surface area contributed by atoms with Gasteiger partial charge in [0.15, 0.2) is 5.96 Å². The van der Waals surface area contributed by atoms with Crippen molar-refractivity contribution < 1.29 is 4.74 Å². The summed E-state index contributed by atoms with van der Waals surface area (Å²) in [6.07, 6.45) is 2.17. The number of hydrogen-bond donors (Lipinski definition) is 1. The second-order valence-electron chi connectivity index (χ2n) is 7.83. The molecule has 0 radical (unpaired) electrons. The molecule has 1 unspecified atom stereocenters. The van der Waals surface area contributed by atoms with Crippen molar-refractivity contribution in [2.75, 3.05) is 33.8 Å². The Kier molecular flexibility index (Phi) is 6.21. The minimum atomic E-state index is 0.536. The third-order valence-corrected chi connectivity index (χ3v) is 5.97. The maximum atomic E-state index is 5.28. The van der Waals surface area contributed by atoms with Crippen molar-refractivity contribution in [1.82, 2.24) is 19.8 Å². The molecule has 0 amide bonds. The lowest BCUT2D eigenvalue weighted by molar-refractivity contribution is 0.414. The van der Waals surface area contributed by atoms with Crippen LogP contribution in [0.4, 0.5) is 0 Å². The lowest BCUT2D eigenvalue weighted by Gasteiger charge is -2.22. The number of benzene rings is 2. The topological polar surface area (TPSA) is 54.7 Å². The van der Waals surface area contributed by atoms with E-state index in [9.17, 15) is 0 Å². The Morgan fingerprint density at radius 1 is 1.20 bits per heavy atom. The number of imidazole rings is 1. The lowest BCUT2D eigenvalue weighted by atomic mass is 9.98. The van der Waals surface area contributed by atoms with Gasteiger partial charge in [-0.15, -0.1) is 0 Å². The summed E-state index contributed by atoms with van der Waals surface area (Å²) < 4.78 is 7.58. The smallest absolute Gasteiger partial charge is 0.193 e. The van der Waals surface area contributed by atoms with Crippen molar-refractivity contribution in [2.45, 2.75) is 32.2 Å². The van der Waals surface area contributed by atoms with Gasteiger partial charge in [-0.25, -0.2) is 4.98 Å². The zero-order valence-electron chi connectivity index (χ0n) is 18.1. The van der Waals surface area contributed by atoms with E-state index in [-0.39, 0.29) is 0 Å². The van der Waals surface area contributed by atoms with E-state index in [1.54, 1.807) is 7.11 Å². The molecule has 1 atom stereocenters. The predicted molar refractivity (Wildman–Crippen MR) is 122 cm³/mol. The van der Waals surface area contributed by atoms with Gasteiger partial charge in [-0.1, -0.05) is 24.3 Å². The van der Waals surface area contributed by atoms with E-state index in [2.05, 4.69) is 62.0 Å². The molecule has 6 nitrogen and oxygen atoms in total. The molecule has 1 aliphatic rings. The average Bonchev–Trinajstić information content (AvgIpc) is 3.38. The summed E-state index contributed by atoms with van der Waals surface area (Å²) in [5.74, 6) is 3.52. The Morgan fingerprint density at radius 3 is 2.77 bits per heavy atom. The first-order chi connectivity index (χ1) is 14.7. The van der Waals surface area contributed by atoms with Crippen LogP contribution >= 0.6 is 0 Å². The molecule has 0 spiro atoms. The van der Waals surface area contributed by atoms with Crippen molar-refractivity contribution >= 4 is 17.0 Å². The summed E-state index contributed by atoms with van der Waals surface area (Å²) in [6.45, 7) is 5.95. The fraction of sp³-hybridized carbons (Fsp3) is 0.417. The summed E-state index contributed by atoms with van der Waals surface area (Å²) in [5.41, 5.74) is 3.65. The maximum Gasteiger partial charge on any atom is 0.193 e. The predicted octanol–water partition coefficient (Wildman–Crippen LogP) is 3.81. The molecule has 4 rings (SSSR count). The van der Waals surface area contributed by atoms with Crippen molar-refractivity contribution in [3.8, 4) is 5.75 Å². The van der Waals surface area contributed by atoms with Crippen LogP contribution in [0, 0.1) is 6.92 Å². The van der Waals surface area contributed by atoms with E-state index in [0.29, 0.717) is 5.92 Å². The molecule has 2 heterocycles. The Hall–Kier alpha value is -3.02. The minimum Gasteiger partial charge on any atom is -0.497 e. The molecule has 0 bridgehead atoms. The largest absolute Gasteiger partial charge is 0.497 e. The SMILES string of the molecule is CN=C(NCCCn1c(C)nc2ccccc21)N1CCC(c2ccc(OC)cc2)C1. The second kappa shape index (κ2) is 9.20. The maximum absolute atomic E-state index is 5.28. The highest BCUT2D eigenvalue weighted by Crippen LogP contribution is 2.28. The van der Waals surface area contributed by atoms with Gasteiger partial charge in [-0.05, 0) is 49.6 Å². The first-order valence-corrected chi connectivity index (χ1v) is 10.7. The van der Waals surface area contributed by atoms with Crippen molar-refractivity contribution in [3.05, 3.63) is 59.9 Å². The Morgan fingerprint density at radius 2 is 2.00 bits per heavy atom. The molecular formula is C24H31N5O. The zero-order valence-corrected chi connectivity index (χ0v) is 18.1. The van der Waals surface area contributed by atoms with E-state index in [1.807, 2.05) is 25.2 Å². The number of guanidine groups is 1. The third-order valence-electron chi connectivity index (χ3n) is 5.97. The molecule has 1 N–H and O–H groups in total. The molecular weight excluding hydrogens is 374 g/mol. The number of aliphatic imine (C=N–C) groups is 1. The van der Waals surface area contributed by atoms with Crippen molar-refractivity contribution in [2.24, 2.45) is 4.99 Å². The third kappa shape index (κ3) is 4.27. The summed E-state index contributed by atoms with van der Waals surface area (Å²) in [6, 6.07) is 16.8. The van der Waals surface area contributed by atoms with E-state index in [1.165, 1.54) is 11.1 Å². The van der Waals surface area contributed by atoms with Crippen LogP contribution in [0.15, 0.2) is 53.5 Å². The highest BCUT2D eigenvalue weighted by atomic mass is 16.5.